The molecule has 0 spiro atoms. The normalized spacial score (nSPS) is 19.0. The molecule has 0 aromatic carbocycles. The lowest BCUT2D eigenvalue weighted by atomic mass is 10.0. The number of H-pyrrole nitrogens is 1. The lowest BCUT2D eigenvalue weighted by Gasteiger charge is -2.34. The minimum atomic E-state index is -0.0218. The number of nitrogens with zero attached hydrogens (tertiary/aromatic N) is 4. The number of carbonyl (C=O) groups excluding carboxylic acids is 1. The highest BCUT2D eigenvalue weighted by molar-refractivity contribution is 5.93. The van der Waals surface area contributed by atoms with Crippen molar-refractivity contribution in [3.8, 4) is 0 Å². The van der Waals surface area contributed by atoms with Crippen molar-refractivity contribution in [3.63, 3.8) is 0 Å². The van der Waals surface area contributed by atoms with Crippen LogP contribution in [0.5, 0.6) is 0 Å². The van der Waals surface area contributed by atoms with E-state index in [1.807, 2.05) is 42.5 Å². The monoisotopic (exact) mass is 287 g/mol. The second kappa shape index (κ2) is 5.35. The predicted molar refractivity (Wildman–Crippen MR) is 78.9 cm³/mol. The molecule has 3 heterocycles. The second-order valence-electron chi connectivity index (χ2n) is 5.71. The Kier molecular flexibility index (Phi) is 3.53. The zero-order valence-electron chi connectivity index (χ0n) is 12.8. The van der Waals surface area contributed by atoms with E-state index in [-0.39, 0.29) is 11.9 Å². The quantitative estimate of drug-likeness (QED) is 0.920. The first-order valence-electron chi connectivity index (χ1n) is 7.40. The van der Waals surface area contributed by atoms with Crippen molar-refractivity contribution >= 4 is 5.91 Å². The van der Waals surface area contributed by atoms with Crippen molar-refractivity contribution in [2.45, 2.75) is 39.2 Å². The molecule has 1 aliphatic heterocycles. The summed E-state index contributed by atoms with van der Waals surface area (Å²) in [4.78, 5) is 19.2. The fourth-order valence-electron chi connectivity index (χ4n) is 2.93. The van der Waals surface area contributed by atoms with Crippen LogP contribution in [0.25, 0.3) is 0 Å². The van der Waals surface area contributed by atoms with E-state index in [0.717, 1.165) is 48.8 Å². The van der Waals surface area contributed by atoms with Gasteiger partial charge in [0.1, 0.15) is 11.5 Å². The molecule has 2 aromatic rings. The summed E-state index contributed by atoms with van der Waals surface area (Å²) in [6.45, 7) is 4.65. The van der Waals surface area contributed by atoms with Crippen molar-refractivity contribution in [1.82, 2.24) is 24.6 Å². The van der Waals surface area contributed by atoms with Crippen LogP contribution in [-0.2, 0) is 7.05 Å². The maximum atomic E-state index is 12.9. The Balaban J connectivity index is 1.91. The van der Waals surface area contributed by atoms with Crippen LogP contribution in [0.2, 0.25) is 0 Å². The second-order valence-corrected chi connectivity index (χ2v) is 5.71. The Morgan fingerprint density at radius 2 is 2.14 bits per heavy atom. The number of nitrogens with one attached hydrogen (secondary N) is 1. The van der Waals surface area contributed by atoms with Crippen LogP contribution in [0.1, 0.15) is 53.1 Å². The van der Waals surface area contributed by atoms with Gasteiger partial charge in [-0.1, -0.05) is 0 Å². The van der Waals surface area contributed by atoms with Gasteiger partial charge in [0.15, 0.2) is 5.82 Å². The minimum absolute atomic E-state index is 0.0218. The molecule has 21 heavy (non-hydrogen) atoms. The van der Waals surface area contributed by atoms with Gasteiger partial charge in [0.25, 0.3) is 5.91 Å². The smallest absolute Gasteiger partial charge is 0.271 e. The maximum Gasteiger partial charge on any atom is 0.271 e. The zero-order chi connectivity index (χ0) is 15.0. The molecular weight excluding hydrogens is 266 g/mol. The Hall–Kier alpha value is -2.11. The molecule has 0 unspecified atom stereocenters. The molecule has 112 valence electrons. The Morgan fingerprint density at radius 1 is 1.33 bits per heavy atom. The molecular formula is C15H21N5O. The van der Waals surface area contributed by atoms with Gasteiger partial charge in [0, 0.05) is 19.3 Å². The number of aromatic nitrogens is 4. The van der Waals surface area contributed by atoms with E-state index in [1.165, 1.54) is 0 Å². The molecule has 6 heteroatoms. The molecule has 2 aromatic heterocycles. The van der Waals surface area contributed by atoms with Gasteiger partial charge in [-0.3, -0.25) is 9.89 Å². The first kappa shape index (κ1) is 13.9. The lowest BCUT2D eigenvalue weighted by Crippen LogP contribution is -2.39. The third-order valence-electron chi connectivity index (χ3n) is 4.27. The van der Waals surface area contributed by atoms with Crippen LogP contribution in [0.15, 0.2) is 12.1 Å². The number of hydrogen-bond donors (Lipinski definition) is 1. The number of likely N-dealkylation sites (tertiary alicyclic amines) is 1. The van der Waals surface area contributed by atoms with Crippen LogP contribution in [-0.4, -0.2) is 37.1 Å². The summed E-state index contributed by atoms with van der Waals surface area (Å²) in [5.74, 6) is 1.59. The van der Waals surface area contributed by atoms with Crippen molar-refractivity contribution in [1.29, 1.82) is 0 Å². The summed E-state index contributed by atoms with van der Waals surface area (Å²) in [7, 11) is 1.93. The van der Waals surface area contributed by atoms with Gasteiger partial charge in [0.05, 0.1) is 6.04 Å². The van der Waals surface area contributed by atoms with Gasteiger partial charge < -0.3 is 9.47 Å². The van der Waals surface area contributed by atoms with Crippen LogP contribution in [0.4, 0.5) is 0 Å². The SMILES string of the molecule is Cc1nc([C@@H]2CCCCN2C(=O)c2ccc(C)n2C)n[nH]1. The molecule has 6 nitrogen and oxygen atoms in total. The molecule has 0 radical (unpaired) electrons. The molecule has 1 N–H and O–H groups in total. The standard InChI is InChI=1S/C15H21N5O/c1-10-7-8-13(19(10)3)15(21)20-9-5-4-6-12(20)14-16-11(2)17-18-14/h7-8,12H,4-6,9H2,1-3H3,(H,16,17,18)/t12-/m0/s1. The summed E-state index contributed by atoms with van der Waals surface area (Å²) < 4.78 is 1.94. The Labute approximate surface area is 124 Å². The molecule has 0 bridgehead atoms. The van der Waals surface area contributed by atoms with Gasteiger partial charge in [-0.15, -0.1) is 0 Å². The molecule has 3 rings (SSSR count). The van der Waals surface area contributed by atoms with Crippen molar-refractivity contribution in [2.75, 3.05) is 6.54 Å². The van der Waals surface area contributed by atoms with E-state index < -0.39 is 0 Å². The highest BCUT2D eigenvalue weighted by atomic mass is 16.2. The molecule has 1 amide bonds. The largest absolute Gasteiger partial charge is 0.344 e. The van der Waals surface area contributed by atoms with E-state index in [4.69, 9.17) is 0 Å². The van der Waals surface area contributed by atoms with Crippen LogP contribution < -0.4 is 0 Å². The summed E-state index contributed by atoms with van der Waals surface area (Å²) in [6, 6.07) is 3.85. The number of rotatable bonds is 2. The number of piperidine rings is 1. The maximum absolute atomic E-state index is 12.9. The third-order valence-corrected chi connectivity index (χ3v) is 4.27. The van der Waals surface area contributed by atoms with Gasteiger partial charge in [-0.25, -0.2) is 4.98 Å². The third kappa shape index (κ3) is 2.46. The fourth-order valence-corrected chi connectivity index (χ4v) is 2.93. The number of carbonyl (C=O) groups is 1. The fraction of sp³-hybridized carbons (Fsp3) is 0.533. The summed E-state index contributed by atoms with van der Waals surface area (Å²) in [5.41, 5.74) is 1.81. The van der Waals surface area contributed by atoms with E-state index in [2.05, 4.69) is 15.2 Å². The van der Waals surface area contributed by atoms with E-state index in [1.54, 1.807) is 0 Å². The number of aryl methyl sites for hydroxylation is 2. The zero-order valence-corrected chi connectivity index (χ0v) is 12.8. The van der Waals surface area contributed by atoms with E-state index in [9.17, 15) is 4.79 Å². The molecule has 1 fully saturated rings. The van der Waals surface area contributed by atoms with E-state index in [0.29, 0.717) is 0 Å². The highest BCUT2D eigenvalue weighted by Crippen LogP contribution is 2.30. The van der Waals surface area contributed by atoms with Crippen LogP contribution in [0.3, 0.4) is 0 Å². The molecule has 1 aliphatic rings. The molecule has 0 saturated carbocycles. The van der Waals surface area contributed by atoms with Crippen LogP contribution >= 0.6 is 0 Å². The molecule has 1 atom stereocenters. The minimum Gasteiger partial charge on any atom is -0.344 e. The predicted octanol–water partition coefficient (Wildman–Crippen LogP) is 2.13. The van der Waals surface area contributed by atoms with E-state index >= 15 is 0 Å². The van der Waals surface area contributed by atoms with Gasteiger partial charge in [-0.05, 0) is 45.2 Å². The molecule has 0 aliphatic carbocycles. The van der Waals surface area contributed by atoms with Crippen molar-refractivity contribution < 1.29 is 4.79 Å². The van der Waals surface area contributed by atoms with Gasteiger partial charge >= 0.3 is 0 Å². The number of amides is 1. The Bertz CT molecular complexity index is 657. The Morgan fingerprint density at radius 3 is 2.76 bits per heavy atom. The molecule has 1 saturated heterocycles. The summed E-state index contributed by atoms with van der Waals surface area (Å²) in [5, 5.41) is 7.13. The van der Waals surface area contributed by atoms with Gasteiger partial charge in [0.2, 0.25) is 0 Å². The van der Waals surface area contributed by atoms with Crippen molar-refractivity contribution in [2.24, 2.45) is 7.05 Å². The topological polar surface area (TPSA) is 66.8 Å². The summed E-state index contributed by atoms with van der Waals surface area (Å²) >= 11 is 0. The first-order valence-corrected chi connectivity index (χ1v) is 7.40. The number of aromatic amines is 1. The van der Waals surface area contributed by atoms with Crippen LogP contribution in [0, 0.1) is 13.8 Å². The summed E-state index contributed by atoms with van der Waals surface area (Å²) in [6.07, 6.45) is 3.07. The highest BCUT2D eigenvalue weighted by Gasteiger charge is 2.32. The lowest BCUT2D eigenvalue weighted by molar-refractivity contribution is 0.0590. The average molecular weight is 287 g/mol. The average Bonchev–Trinajstić information content (AvgIpc) is 3.06. The van der Waals surface area contributed by atoms with Gasteiger partial charge in [-0.2, -0.15) is 5.10 Å². The van der Waals surface area contributed by atoms with Crippen molar-refractivity contribution in [3.05, 3.63) is 35.2 Å². The first-order chi connectivity index (χ1) is 10.1. The number of hydrogen-bond acceptors (Lipinski definition) is 3.